The van der Waals surface area contributed by atoms with Gasteiger partial charge in [-0.3, -0.25) is 4.79 Å². The van der Waals surface area contributed by atoms with Gasteiger partial charge in [0.1, 0.15) is 0 Å². The lowest BCUT2D eigenvalue weighted by atomic mass is 10.2. The smallest absolute Gasteiger partial charge is 0.251 e. The fraction of sp³-hybridized carbons (Fsp3) is 0.250. The Morgan fingerprint density at radius 3 is 2.40 bits per heavy atom. The van der Waals surface area contributed by atoms with Crippen molar-refractivity contribution in [3.63, 3.8) is 0 Å². The molecule has 0 atom stereocenters. The second-order valence-corrected chi connectivity index (χ2v) is 4.87. The maximum atomic E-state index is 11.8. The molecule has 1 aromatic rings. The lowest BCUT2D eigenvalue weighted by molar-refractivity contribution is 0.0939. The molecule has 1 aliphatic carbocycles. The SMILES string of the molecule is O=C(NC1CC=CC1)c1ccc(I)cc1. The van der Waals surface area contributed by atoms with Crippen LogP contribution in [0, 0.1) is 3.57 Å². The van der Waals surface area contributed by atoms with Crippen molar-refractivity contribution in [1.29, 1.82) is 0 Å². The Balaban J connectivity index is 1.98. The molecule has 0 aromatic heterocycles. The third kappa shape index (κ3) is 2.81. The summed E-state index contributed by atoms with van der Waals surface area (Å²) in [6.45, 7) is 0. The average Bonchev–Trinajstić information content (AvgIpc) is 2.71. The summed E-state index contributed by atoms with van der Waals surface area (Å²) in [4.78, 5) is 11.8. The third-order valence-electron chi connectivity index (χ3n) is 2.45. The molecule has 0 bridgehead atoms. The lowest BCUT2D eigenvalue weighted by Gasteiger charge is -2.11. The molecule has 0 saturated heterocycles. The van der Waals surface area contributed by atoms with Crippen LogP contribution < -0.4 is 5.32 Å². The van der Waals surface area contributed by atoms with Crippen molar-refractivity contribution in [3.8, 4) is 0 Å². The van der Waals surface area contributed by atoms with E-state index in [-0.39, 0.29) is 11.9 Å². The summed E-state index contributed by atoms with van der Waals surface area (Å²) < 4.78 is 1.15. The molecule has 78 valence electrons. The van der Waals surface area contributed by atoms with Crippen molar-refractivity contribution < 1.29 is 4.79 Å². The van der Waals surface area contributed by atoms with Gasteiger partial charge >= 0.3 is 0 Å². The topological polar surface area (TPSA) is 29.1 Å². The molecule has 2 rings (SSSR count). The van der Waals surface area contributed by atoms with E-state index in [1.165, 1.54) is 0 Å². The van der Waals surface area contributed by atoms with Crippen LogP contribution in [0.15, 0.2) is 36.4 Å². The van der Waals surface area contributed by atoms with Crippen LogP contribution in [0.4, 0.5) is 0 Å². The van der Waals surface area contributed by atoms with Crippen molar-refractivity contribution in [3.05, 3.63) is 45.6 Å². The molecule has 0 unspecified atom stereocenters. The first-order valence-corrected chi connectivity index (χ1v) is 6.05. The molecule has 1 aromatic carbocycles. The standard InChI is InChI=1S/C12H12INO/c13-10-7-5-9(6-8-10)12(15)14-11-3-1-2-4-11/h1-2,5-8,11H,3-4H2,(H,14,15). The van der Waals surface area contributed by atoms with Gasteiger partial charge in [-0.05, 0) is 59.7 Å². The first kappa shape index (κ1) is 10.7. The quantitative estimate of drug-likeness (QED) is 0.660. The van der Waals surface area contributed by atoms with Crippen LogP contribution in [0.2, 0.25) is 0 Å². The Morgan fingerprint density at radius 2 is 1.80 bits per heavy atom. The molecule has 0 radical (unpaired) electrons. The van der Waals surface area contributed by atoms with Gasteiger partial charge in [0.05, 0.1) is 0 Å². The van der Waals surface area contributed by atoms with Gasteiger partial charge in [-0.1, -0.05) is 12.2 Å². The molecule has 0 saturated carbocycles. The van der Waals surface area contributed by atoms with E-state index >= 15 is 0 Å². The van der Waals surface area contributed by atoms with Crippen LogP contribution in [0.3, 0.4) is 0 Å². The molecular weight excluding hydrogens is 301 g/mol. The zero-order valence-electron chi connectivity index (χ0n) is 8.24. The third-order valence-corrected chi connectivity index (χ3v) is 3.17. The monoisotopic (exact) mass is 313 g/mol. The Kier molecular flexibility index (Phi) is 3.41. The number of halogens is 1. The van der Waals surface area contributed by atoms with Gasteiger partial charge in [0, 0.05) is 15.2 Å². The summed E-state index contributed by atoms with van der Waals surface area (Å²) in [7, 11) is 0. The van der Waals surface area contributed by atoms with E-state index in [9.17, 15) is 4.79 Å². The van der Waals surface area contributed by atoms with E-state index in [0.29, 0.717) is 0 Å². The summed E-state index contributed by atoms with van der Waals surface area (Å²) in [5, 5.41) is 3.01. The summed E-state index contributed by atoms with van der Waals surface area (Å²) >= 11 is 2.23. The number of benzene rings is 1. The van der Waals surface area contributed by atoms with E-state index in [1.54, 1.807) is 0 Å². The highest BCUT2D eigenvalue weighted by Gasteiger charge is 2.13. The minimum atomic E-state index is 0.0279. The molecule has 0 spiro atoms. The number of carbonyl (C=O) groups is 1. The Hall–Kier alpha value is -0.840. The zero-order valence-corrected chi connectivity index (χ0v) is 10.4. The largest absolute Gasteiger partial charge is 0.349 e. The molecule has 1 amide bonds. The summed E-state index contributed by atoms with van der Waals surface area (Å²) in [5.74, 6) is 0.0279. The van der Waals surface area contributed by atoms with Gasteiger partial charge in [-0.15, -0.1) is 0 Å². The highest BCUT2D eigenvalue weighted by Crippen LogP contribution is 2.11. The van der Waals surface area contributed by atoms with Gasteiger partial charge in [-0.25, -0.2) is 0 Å². The van der Waals surface area contributed by atoms with E-state index in [0.717, 1.165) is 22.0 Å². The highest BCUT2D eigenvalue weighted by molar-refractivity contribution is 14.1. The lowest BCUT2D eigenvalue weighted by Crippen LogP contribution is -2.32. The number of hydrogen-bond donors (Lipinski definition) is 1. The first-order valence-electron chi connectivity index (χ1n) is 4.97. The second kappa shape index (κ2) is 4.79. The minimum absolute atomic E-state index is 0.0279. The van der Waals surface area contributed by atoms with Crippen LogP contribution in [-0.4, -0.2) is 11.9 Å². The maximum Gasteiger partial charge on any atom is 0.251 e. The van der Waals surface area contributed by atoms with E-state index in [2.05, 4.69) is 40.1 Å². The molecule has 0 fully saturated rings. The van der Waals surface area contributed by atoms with Crippen molar-refractivity contribution in [1.82, 2.24) is 5.32 Å². The van der Waals surface area contributed by atoms with Crippen molar-refractivity contribution in [2.45, 2.75) is 18.9 Å². The Morgan fingerprint density at radius 1 is 1.20 bits per heavy atom. The summed E-state index contributed by atoms with van der Waals surface area (Å²) in [6, 6.07) is 7.90. The maximum absolute atomic E-state index is 11.8. The summed E-state index contributed by atoms with van der Waals surface area (Å²) in [5.41, 5.74) is 0.738. The average molecular weight is 313 g/mol. The first-order chi connectivity index (χ1) is 7.25. The van der Waals surface area contributed by atoms with Crippen LogP contribution in [-0.2, 0) is 0 Å². The molecular formula is C12H12INO. The number of carbonyl (C=O) groups excluding carboxylic acids is 1. The fourth-order valence-corrected chi connectivity index (χ4v) is 1.96. The van der Waals surface area contributed by atoms with E-state index < -0.39 is 0 Å². The van der Waals surface area contributed by atoms with Crippen molar-refractivity contribution in [2.75, 3.05) is 0 Å². The normalized spacial score (nSPS) is 15.5. The summed E-state index contributed by atoms with van der Waals surface area (Å²) in [6.07, 6.45) is 6.13. The van der Waals surface area contributed by atoms with Gasteiger partial charge in [0.25, 0.3) is 5.91 Å². The van der Waals surface area contributed by atoms with E-state index in [4.69, 9.17) is 0 Å². The molecule has 3 heteroatoms. The van der Waals surface area contributed by atoms with Crippen molar-refractivity contribution >= 4 is 28.5 Å². The molecule has 0 aliphatic heterocycles. The van der Waals surface area contributed by atoms with Crippen LogP contribution >= 0.6 is 22.6 Å². The highest BCUT2D eigenvalue weighted by atomic mass is 127. The van der Waals surface area contributed by atoms with Gasteiger partial charge in [0.15, 0.2) is 0 Å². The number of nitrogens with one attached hydrogen (secondary N) is 1. The number of amides is 1. The fourth-order valence-electron chi connectivity index (χ4n) is 1.61. The molecule has 1 N–H and O–H groups in total. The van der Waals surface area contributed by atoms with E-state index in [1.807, 2.05) is 24.3 Å². The minimum Gasteiger partial charge on any atom is -0.349 e. The molecule has 15 heavy (non-hydrogen) atoms. The van der Waals surface area contributed by atoms with Gasteiger partial charge in [-0.2, -0.15) is 0 Å². The zero-order chi connectivity index (χ0) is 10.7. The predicted molar refractivity (Wildman–Crippen MR) is 68.8 cm³/mol. The predicted octanol–water partition coefficient (Wildman–Crippen LogP) is 2.74. The number of hydrogen-bond acceptors (Lipinski definition) is 1. The Labute approximate surface area is 103 Å². The Bertz CT molecular complexity index is 375. The van der Waals surface area contributed by atoms with Crippen LogP contribution in [0.1, 0.15) is 23.2 Å². The molecule has 0 heterocycles. The molecule has 2 nitrogen and oxygen atoms in total. The van der Waals surface area contributed by atoms with Crippen LogP contribution in [0.5, 0.6) is 0 Å². The van der Waals surface area contributed by atoms with Crippen molar-refractivity contribution in [2.24, 2.45) is 0 Å². The second-order valence-electron chi connectivity index (χ2n) is 3.62. The number of rotatable bonds is 2. The van der Waals surface area contributed by atoms with Crippen LogP contribution in [0.25, 0.3) is 0 Å². The molecule has 1 aliphatic rings. The van der Waals surface area contributed by atoms with Gasteiger partial charge < -0.3 is 5.32 Å². The van der Waals surface area contributed by atoms with Gasteiger partial charge in [0.2, 0.25) is 0 Å².